The van der Waals surface area contributed by atoms with E-state index in [2.05, 4.69) is 0 Å². The smallest absolute Gasteiger partial charge is 0.270 e. The van der Waals surface area contributed by atoms with Gasteiger partial charge in [-0.25, -0.2) is 0 Å². The largest absolute Gasteiger partial charge is 0.330 e. The highest BCUT2D eigenvalue weighted by molar-refractivity contribution is 7.20. The SMILES string of the molecule is O=C(c1cc2cc([N+](=O)[O-])ccc2s1)N(Cc1cccs1)C1CC1. The maximum atomic E-state index is 12.9. The Morgan fingerprint density at radius 3 is 2.79 bits per heavy atom. The first-order valence-corrected chi connectivity index (χ1v) is 9.33. The molecule has 2 aromatic heterocycles. The van der Waals surface area contributed by atoms with E-state index in [9.17, 15) is 14.9 Å². The van der Waals surface area contributed by atoms with Crippen LogP contribution in [-0.2, 0) is 6.54 Å². The van der Waals surface area contributed by atoms with E-state index in [0.717, 1.165) is 22.9 Å². The normalized spacial score (nSPS) is 14.0. The molecule has 1 aliphatic rings. The van der Waals surface area contributed by atoms with Crippen LogP contribution in [0.2, 0.25) is 0 Å². The van der Waals surface area contributed by atoms with Gasteiger partial charge < -0.3 is 4.90 Å². The summed E-state index contributed by atoms with van der Waals surface area (Å²) < 4.78 is 0.899. The van der Waals surface area contributed by atoms with Crippen molar-refractivity contribution in [2.45, 2.75) is 25.4 Å². The molecule has 0 radical (unpaired) electrons. The van der Waals surface area contributed by atoms with Gasteiger partial charge in [-0.3, -0.25) is 14.9 Å². The summed E-state index contributed by atoms with van der Waals surface area (Å²) in [5.41, 5.74) is 0.0527. The first-order valence-electron chi connectivity index (χ1n) is 7.63. The number of hydrogen-bond acceptors (Lipinski definition) is 5. The quantitative estimate of drug-likeness (QED) is 0.491. The Morgan fingerprint density at radius 2 is 2.12 bits per heavy atom. The topological polar surface area (TPSA) is 63.4 Å². The lowest BCUT2D eigenvalue weighted by atomic mass is 10.2. The maximum absolute atomic E-state index is 12.9. The molecule has 5 nitrogen and oxygen atoms in total. The van der Waals surface area contributed by atoms with Gasteiger partial charge in [0.25, 0.3) is 11.6 Å². The van der Waals surface area contributed by atoms with Crippen molar-refractivity contribution in [3.63, 3.8) is 0 Å². The number of carbonyl (C=O) groups excluding carboxylic acids is 1. The Balaban J connectivity index is 1.64. The molecule has 0 spiro atoms. The minimum atomic E-state index is -0.411. The predicted molar refractivity (Wildman–Crippen MR) is 95.7 cm³/mol. The molecule has 4 rings (SSSR count). The second kappa shape index (κ2) is 5.99. The van der Waals surface area contributed by atoms with Crippen molar-refractivity contribution in [2.75, 3.05) is 0 Å². The molecule has 24 heavy (non-hydrogen) atoms. The number of carbonyl (C=O) groups is 1. The summed E-state index contributed by atoms with van der Waals surface area (Å²) in [6, 6.07) is 10.9. The molecule has 1 saturated carbocycles. The third-order valence-electron chi connectivity index (χ3n) is 4.08. The molecular weight excluding hydrogens is 344 g/mol. The molecule has 1 amide bonds. The van der Waals surface area contributed by atoms with Crippen LogP contribution < -0.4 is 0 Å². The first-order chi connectivity index (χ1) is 11.6. The van der Waals surface area contributed by atoms with Crippen molar-refractivity contribution >= 4 is 44.4 Å². The van der Waals surface area contributed by atoms with Crippen LogP contribution in [0, 0.1) is 10.1 Å². The lowest BCUT2D eigenvalue weighted by Crippen LogP contribution is -2.31. The van der Waals surface area contributed by atoms with Gasteiger partial charge in [0, 0.05) is 33.1 Å². The van der Waals surface area contributed by atoms with E-state index in [1.807, 2.05) is 22.4 Å². The van der Waals surface area contributed by atoms with Crippen molar-refractivity contribution < 1.29 is 9.72 Å². The zero-order chi connectivity index (χ0) is 16.7. The summed E-state index contributed by atoms with van der Waals surface area (Å²) in [5.74, 6) is 0.0229. The van der Waals surface area contributed by atoms with Crippen LogP contribution in [0.15, 0.2) is 41.8 Å². The summed E-state index contributed by atoms with van der Waals surface area (Å²) in [5, 5.41) is 13.7. The van der Waals surface area contributed by atoms with E-state index in [4.69, 9.17) is 0 Å². The standard InChI is InChI=1S/C17H14N2O3S2/c20-17(18(12-3-4-12)10-14-2-1-7-23-14)16-9-11-8-13(19(21)22)5-6-15(11)24-16/h1-2,5-9,12H,3-4,10H2. The molecule has 7 heteroatoms. The molecule has 0 atom stereocenters. The van der Waals surface area contributed by atoms with Crippen LogP contribution in [0.5, 0.6) is 0 Å². The highest BCUT2D eigenvalue weighted by Crippen LogP contribution is 2.34. The van der Waals surface area contributed by atoms with Crippen LogP contribution in [0.4, 0.5) is 5.69 Å². The third kappa shape index (κ3) is 2.92. The second-order valence-corrected chi connectivity index (χ2v) is 7.95. The Morgan fingerprint density at radius 1 is 1.29 bits per heavy atom. The van der Waals surface area contributed by atoms with Crippen LogP contribution >= 0.6 is 22.7 Å². The van der Waals surface area contributed by atoms with Gasteiger partial charge >= 0.3 is 0 Å². The second-order valence-electron chi connectivity index (χ2n) is 5.83. The number of nitro benzene ring substituents is 1. The summed E-state index contributed by atoms with van der Waals surface area (Å²) in [7, 11) is 0. The molecule has 1 aliphatic carbocycles. The maximum Gasteiger partial charge on any atom is 0.270 e. The fourth-order valence-electron chi connectivity index (χ4n) is 2.71. The highest BCUT2D eigenvalue weighted by Gasteiger charge is 2.34. The van der Waals surface area contributed by atoms with Crippen molar-refractivity contribution in [3.05, 3.63) is 61.6 Å². The summed E-state index contributed by atoms with van der Waals surface area (Å²) in [4.78, 5) is 27.2. The van der Waals surface area contributed by atoms with Crippen LogP contribution in [0.3, 0.4) is 0 Å². The molecule has 3 aromatic rings. The van der Waals surface area contributed by atoms with Gasteiger partial charge in [0.2, 0.25) is 0 Å². The molecule has 0 bridgehead atoms. The molecule has 0 aliphatic heterocycles. The van der Waals surface area contributed by atoms with Crippen LogP contribution in [0.25, 0.3) is 10.1 Å². The molecule has 1 fully saturated rings. The van der Waals surface area contributed by atoms with E-state index in [-0.39, 0.29) is 11.6 Å². The molecule has 0 N–H and O–H groups in total. The Labute approximate surface area is 146 Å². The molecule has 0 unspecified atom stereocenters. The van der Waals surface area contributed by atoms with Crippen molar-refractivity contribution in [1.29, 1.82) is 0 Å². The van der Waals surface area contributed by atoms with Crippen LogP contribution in [-0.4, -0.2) is 21.8 Å². The van der Waals surface area contributed by atoms with Crippen molar-refractivity contribution in [3.8, 4) is 0 Å². The van der Waals surface area contributed by atoms with Gasteiger partial charge in [-0.15, -0.1) is 22.7 Å². The number of thiophene rings is 2. The third-order valence-corrected chi connectivity index (χ3v) is 6.04. The number of rotatable bonds is 5. The number of non-ortho nitro benzene ring substituents is 1. The molecule has 2 heterocycles. The van der Waals surface area contributed by atoms with Gasteiger partial charge in [-0.05, 0) is 36.4 Å². The van der Waals surface area contributed by atoms with Crippen LogP contribution in [0.1, 0.15) is 27.4 Å². The lowest BCUT2D eigenvalue weighted by Gasteiger charge is -2.20. The van der Waals surface area contributed by atoms with E-state index >= 15 is 0 Å². The Hall–Kier alpha value is -2.25. The molecular formula is C17H14N2O3S2. The number of nitrogens with zero attached hydrogens (tertiary/aromatic N) is 2. The fourth-order valence-corrected chi connectivity index (χ4v) is 4.42. The average Bonchev–Trinajstić information content (AvgIpc) is 3.11. The number of hydrogen-bond donors (Lipinski definition) is 0. The zero-order valence-electron chi connectivity index (χ0n) is 12.7. The average molecular weight is 358 g/mol. The van der Waals surface area contributed by atoms with E-state index in [0.29, 0.717) is 17.5 Å². The van der Waals surface area contributed by atoms with E-state index in [1.54, 1.807) is 23.5 Å². The summed E-state index contributed by atoms with van der Waals surface area (Å²) in [6.07, 6.45) is 2.10. The lowest BCUT2D eigenvalue weighted by molar-refractivity contribution is -0.384. The number of benzene rings is 1. The number of nitro groups is 1. The fraction of sp³-hybridized carbons (Fsp3) is 0.235. The zero-order valence-corrected chi connectivity index (χ0v) is 14.3. The Kier molecular flexibility index (Phi) is 3.82. The van der Waals surface area contributed by atoms with Gasteiger partial charge in [0.05, 0.1) is 16.3 Å². The first kappa shape index (κ1) is 15.3. The van der Waals surface area contributed by atoms with Crippen molar-refractivity contribution in [2.24, 2.45) is 0 Å². The number of fused-ring (bicyclic) bond motifs is 1. The summed E-state index contributed by atoms with van der Waals surface area (Å²) in [6.45, 7) is 0.634. The van der Waals surface area contributed by atoms with Gasteiger partial charge in [-0.2, -0.15) is 0 Å². The van der Waals surface area contributed by atoms with E-state index < -0.39 is 4.92 Å². The Bertz CT molecular complexity index is 913. The number of amides is 1. The minimum Gasteiger partial charge on any atom is -0.330 e. The molecule has 0 saturated heterocycles. The van der Waals surface area contributed by atoms with Gasteiger partial charge in [0.15, 0.2) is 0 Å². The van der Waals surface area contributed by atoms with E-state index in [1.165, 1.54) is 28.3 Å². The minimum absolute atomic E-state index is 0.0229. The molecule has 1 aromatic carbocycles. The molecule has 122 valence electrons. The van der Waals surface area contributed by atoms with Crippen molar-refractivity contribution in [1.82, 2.24) is 4.90 Å². The van der Waals surface area contributed by atoms with Gasteiger partial charge in [0.1, 0.15) is 0 Å². The highest BCUT2D eigenvalue weighted by atomic mass is 32.1. The summed E-state index contributed by atoms with van der Waals surface area (Å²) >= 11 is 3.06. The monoisotopic (exact) mass is 358 g/mol. The van der Waals surface area contributed by atoms with Gasteiger partial charge in [-0.1, -0.05) is 6.07 Å². The predicted octanol–water partition coefficient (Wildman–Crippen LogP) is 4.68.